The fourth-order valence-electron chi connectivity index (χ4n) is 3.47. The number of benzene rings is 2. The molecule has 7 heteroatoms. The Bertz CT molecular complexity index is 906. The van der Waals surface area contributed by atoms with E-state index in [4.69, 9.17) is 4.98 Å². The summed E-state index contributed by atoms with van der Waals surface area (Å²) in [5.41, 5.74) is 0.587. The molecule has 2 aromatic carbocycles. The molecule has 2 N–H and O–H groups in total. The second-order valence-electron chi connectivity index (χ2n) is 6.44. The lowest BCUT2D eigenvalue weighted by atomic mass is 10.2. The molecular formula is C19H18F2N3OS+. The highest BCUT2D eigenvalue weighted by molar-refractivity contribution is 7.18. The van der Waals surface area contributed by atoms with Crippen LogP contribution in [-0.2, 0) is 4.79 Å². The number of thiazole rings is 1. The number of rotatable bonds is 4. The third-order valence-electron chi connectivity index (χ3n) is 4.71. The van der Waals surface area contributed by atoms with Crippen LogP contribution in [0.4, 0.5) is 14.5 Å². The average Bonchev–Trinajstić information content (AvgIpc) is 3.24. The fourth-order valence-corrected chi connectivity index (χ4v) is 4.63. The third-order valence-corrected chi connectivity index (χ3v) is 5.86. The van der Waals surface area contributed by atoms with Gasteiger partial charge < -0.3 is 10.2 Å². The van der Waals surface area contributed by atoms with E-state index in [-0.39, 0.29) is 18.3 Å². The van der Waals surface area contributed by atoms with E-state index in [1.54, 1.807) is 11.3 Å². The second kappa shape index (κ2) is 7.09. The Morgan fingerprint density at radius 1 is 1.19 bits per heavy atom. The first-order valence-electron chi connectivity index (χ1n) is 8.56. The first-order chi connectivity index (χ1) is 12.6. The number of aromatic nitrogens is 1. The summed E-state index contributed by atoms with van der Waals surface area (Å²) in [7, 11) is 0. The molecule has 4 nitrogen and oxygen atoms in total. The van der Waals surface area contributed by atoms with Crippen LogP contribution in [0.5, 0.6) is 0 Å². The molecule has 0 radical (unpaired) electrons. The van der Waals surface area contributed by atoms with Crippen LogP contribution < -0.4 is 10.2 Å². The Labute approximate surface area is 153 Å². The number of fused-ring (bicyclic) bond motifs is 1. The van der Waals surface area contributed by atoms with Gasteiger partial charge in [0.2, 0.25) is 0 Å². The van der Waals surface area contributed by atoms with Gasteiger partial charge in [-0.15, -0.1) is 11.3 Å². The molecule has 0 bridgehead atoms. The van der Waals surface area contributed by atoms with Crippen molar-refractivity contribution in [2.45, 2.75) is 18.9 Å². The number of nitrogens with zero attached hydrogens (tertiary/aromatic N) is 1. The predicted octanol–water partition coefficient (Wildman–Crippen LogP) is 2.93. The van der Waals surface area contributed by atoms with Crippen molar-refractivity contribution in [3.63, 3.8) is 0 Å². The Morgan fingerprint density at radius 3 is 2.73 bits per heavy atom. The number of nitrogens with one attached hydrogen (secondary N) is 2. The number of halogens is 2. The van der Waals surface area contributed by atoms with Gasteiger partial charge in [0.1, 0.15) is 23.4 Å². The minimum atomic E-state index is -0.766. The molecule has 1 aliphatic rings. The van der Waals surface area contributed by atoms with Crippen molar-refractivity contribution in [1.82, 2.24) is 4.98 Å². The molecule has 0 spiro atoms. The van der Waals surface area contributed by atoms with Gasteiger partial charge in [-0.3, -0.25) is 4.79 Å². The fraction of sp³-hybridized carbons (Fsp3) is 0.263. The predicted molar refractivity (Wildman–Crippen MR) is 97.3 cm³/mol. The van der Waals surface area contributed by atoms with Gasteiger partial charge in [0.25, 0.3) is 5.91 Å². The third kappa shape index (κ3) is 3.32. The van der Waals surface area contributed by atoms with E-state index >= 15 is 0 Å². The zero-order valence-corrected chi connectivity index (χ0v) is 14.8. The first-order valence-corrected chi connectivity index (χ1v) is 9.37. The molecule has 4 rings (SSSR count). The number of hydrogen-bond donors (Lipinski definition) is 2. The number of likely N-dealkylation sites (tertiary alicyclic amines) is 1. The molecule has 1 aromatic heterocycles. The van der Waals surface area contributed by atoms with Gasteiger partial charge in [0.15, 0.2) is 11.6 Å². The number of carbonyl (C=O) groups is 1. The molecule has 3 aromatic rings. The Kier molecular flexibility index (Phi) is 4.65. The summed E-state index contributed by atoms with van der Waals surface area (Å²) in [6.45, 7) is 1.00. The summed E-state index contributed by atoms with van der Waals surface area (Å²) in [6.07, 6.45) is 1.95. The van der Waals surface area contributed by atoms with E-state index in [0.717, 1.165) is 51.6 Å². The van der Waals surface area contributed by atoms with Crippen LogP contribution in [0.2, 0.25) is 0 Å². The number of anilines is 1. The van der Waals surface area contributed by atoms with Gasteiger partial charge in [-0.25, -0.2) is 13.8 Å². The lowest BCUT2D eigenvalue weighted by Crippen LogP contribution is -3.11. The van der Waals surface area contributed by atoms with Crippen LogP contribution in [0.3, 0.4) is 0 Å². The van der Waals surface area contributed by atoms with Crippen LogP contribution in [0, 0.1) is 11.6 Å². The normalized spacial score (nSPS) is 19.8. The van der Waals surface area contributed by atoms with Gasteiger partial charge in [-0.05, 0) is 24.3 Å². The Balaban J connectivity index is 1.49. The maximum Gasteiger partial charge on any atom is 0.279 e. The molecule has 1 amide bonds. The largest absolute Gasteiger partial charge is 0.319 e. The molecule has 2 heterocycles. The number of para-hydroxylation sites is 2. The van der Waals surface area contributed by atoms with Crippen LogP contribution >= 0.6 is 11.3 Å². The summed E-state index contributed by atoms with van der Waals surface area (Å²) in [5, 5.41) is 3.39. The van der Waals surface area contributed by atoms with Crippen molar-refractivity contribution < 1.29 is 18.5 Å². The second-order valence-corrected chi connectivity index (χ2v) is 7.51. The lowest BCUT2D eigenvalue weighted by Gasteiger charge is -2.19. The van der Waals surface area contributed by atoms with E-state index in [1.165, 1.54) is 6.07 Å². The summed E-state index contributed by atoms with van der Waals surface area (Å²) in [6, 6.07) is 11.6. The van der Waals surface area contributed by atoms with Crippen LogP contribution in [0.25, 0.3) is 10.2 Å². The molecule has 0 saturated carbocycles. The van der Waals surface area contributed by atoms with Crippen molar-refractivity contribution in [2.24, 2.45) is 0 Å². The molecular weight excluding hydrogens is 356 g/mol. The maximum atomic E-state index is 13.7. The zero-order chi connectivity index (χ0) is 18.1. The topological polar surface area (TPSA) is 46.4 Å². The van der Waals surface area contributed by atoms with Gasteiger partial charge in [0.05, 0.1) is 16.8 Å². The molecule has 26 heavy (non-hydrogen) atoms. The molecule has 1 saturated heterocycles. The molecule has 1 unspecified atom stereocenters. The van der Waals surface area contributed by atoms with Crippen molar-refractivity contribution in [3.8, 4) is 0 Å². The van der Waals surface area contributed by atoms with E-state index in [2.05, 4.69) is 5.32 Å². The van der Waals surface area contributed by atoms with Crippen LogP contribution in [0.15, 0.2) is 42.5 Å². The maximum absolute atomic E-state index is 13.7. The van der Waals surface area contributed by atoms with E-state index in [1.807, 2.05) is 24.3 Å². The number of quaternary nitrogens is 1. The number of hydrogen-bond acceptors (Lipinski definition) is 3. The summed E-state index contributed by atoms with van der Waals surface area (Å²) < 4.78 is 28.6. The standard InChI is InChI=1S/C19H17F2N3OS/c20-12-5-3-6-13(21)18(12)23-17(25)11-24-10-4-8-15(24)19-22-14-7-1-2-9-16(14)26-19/h1-3,5-7,9,15H,4,8,10-11H2,(H,23,25)/p+1/t15-/m1/s1. The van der Waals surface area contributed by atoms with Crippen molar-refractivity contribution in [1.29, 1.82) is 0 Å². The van der Waals surface area contributed by atoms with Crippen molar-refractivity contribution >= 4 is 33.1 Å². The van der Waals surface area contributed by atoms with Gasteiger partial charge in [0, 0.05) is 12.8 Å². The highest BCUT2D eigenvalue weighted by Crippen LogP contribution is 2.28. The van der Waals surface area contributed by atoms with Crippen LogP contribution in [0.1, 0.15) is 23.9 Å². The average molecular weight is 374 g/mol. The van der Waals surface area contributed by atoms with Crippen molar-refractivity contribution in [2.75, 3.05) is 18.4 Å². The minimum Gasteiger partial charge on any atom is -0.319 e. The minimum absolute atomic E-state index is 0.142. The number of amides is 1. The summed E-state index contributed by atoms with van der Waals surface area (Å²) in [5.74, 6) is -1.92. The smallest absolute Gasteiger partial charge is 0.279 e. The summed E-state index contributed by atoms with van der Waals surface area (Å²) >= 11 is 1.65. The van der Waals surface area contributed by atoms with E-state index in [0.29, 0.717) is 0 Å². The van der Waals surface area contributed by atoms with Crippen LogP contribution in [-0.4, -0.2) is 24.0 Å². The molecule has 2 atom stereocenters. The Hall–Kier alpha value is -2.38. The molecule has 1 aliphatic heterocycles. The molecule has 0 aliphatic carbocycles. The van der Waals surface area contributed by atoms with Crippen molar-refractivity contribution in [3.05, 3.63) is 59.1 Å². The highest BCUT2D eigenvalue weighted by Gasteiger charge is 2.34. The monoisotopic (exact) mass is 374 g/mol. The van der Waals surface area contributed by atoms with E-state index in [9.17, 15) is 13.6 Å². The quantitative estimate of drug-likeness (QED) is 0.738. The molecule has 134 valence electrons. The van der Waals surface area contributed by atoms with Gasteiger partial charge in [-0.2, -0.15) is 0 Å². The first kappa shape index (κ1) is 17.1. The highest BCUT2D eigenvalue weighted by atomic mass is 32.1. The Morgan fingerprint density at radius 2 is 1.96 bits per heavy atom. The lowest BCUT2D eigenvalue weighted by molar-refractivity contribution is -0.910. The van der Waals surface area contributed by atoms with Gasteiger partial charge >= 0.3 is 0 Å². The zero-order valence-electron chi connectivity index (χ0n) is 14.0. The number of carbonyl (C=O) groups excluding carboxylic acids is 1. The summed E-state index contributed by atoms with van der Waals surface area (Å²) in [4.78, 5) is 18.1. The SMILES string of the molecule is O=C(C[NH+]1CCC[C@@H]1c1nc2ccccc2s1)Nc1c(F)cccc1F. The van der Waals surface area contributed by atoms with Gasteiger partial charge in [-0.1, -0.05) is 18.2 Å². The van der Waals surface area contributed by atoms with E-state index < -0.39 is 17.5 Å². The molecule has 1 fully saturated rings.